The van der Waals surface area contributed by atoms with Crippen LogP contribution in [0.2, 0.25) is 0 Å². The van der Waals surface area contributed by atoms with Gasteiger partial charge in [0.2, 0.25) is 0 Å². The predicted molar refractivity (Wildman–Crippen MR) is 240 cm³/mol. The van der Waals surface area contributed by atoms with Crippen molar-refractivity contribution >= 4 is 17.3 Å². The van der Waals surface area contributed by atoms with E-state index in [0.717, 1.165) is 90.4 Å². The minimum atomic E-state index is -1.15. The number of carbonyl (C=O) groups excluding carboxylic acids is 3. The van der Waals surface area contributed by atoms with Gasteiger partial charge in [0.05, 0.1) is 35.4 Å². The lowest BCUT2D eigenvalue weighted by atomic mass is 9.49. The van der Waals surface area contributed by atoms with Gasteiger partial charge < -0.3 is 49.0 Å². The number of ketones is 3. The van der Waals surface area contributed by atoms with Crippen LogP contribution in [0.5, 0.6) is 23.0 Å². The fourth-order valence-corrected chi connectivity index (χ4v) is 17.6. The highest BCUT2D eigenvalue weighted by molar-refractivity contribution is 5.91. The zero-order valence-corrected chi connectivity index (χ0v) is 38.7. The molecule has 7 heterocycles. The van der Waals surface area contributed by atoms with Crippen LogP contribution in [0.3, 0.4) is 0 Å². The number of aliphatic hydroxyl groups is 2. The van der Waals surface area contributed by atoms with Crippen LogP contribution >= 0.6 is 0 Å². The summed E-state index contributed by atoms with van der Waals surface area (Å²) in [7, 11) is 3.71. The van der Waals surface area contributed by atoms with Crippen molar-refractivity contribution in [2.45, 2.75) is 160 Å². The van der Waals surface area contributed by atoms with Gasteiger partial charge in [0, 0.05) is 67.4 Å². The van der Waals surface area contributed by atoms with E-state index >= 15 is 0 Å². The molecule has 4 saturated heterocycles. The fourth-order valence-electron chi connectivity index (χ4n) is 17.6. The molecule has 0 aromatic heterocycles. The Bertz CT molecular complexity index is 2800. The highest BCUT2D eigenvalue weighted by Crippen LogP contribution is 2.68. The highest BCUT2D eigenvalue weighted by atomic mass is 16.6. The van der Waals surface area contributed by atoms with E-state index in [1.807, 2.05) is 26.1 Å². The lowest BCUT2D eigenvalue weighted by molar-refractivity contribution is -0.904. The third kappa shape index (κ3) is 4.49. The minimum Gasteiger partial charge on any atom is -0.633 e. The zero-order chi connectivity index (χ0) is 46.2. The third-order valence-electron chi connectivity index (χ3n) is 20.5. The molecule has 4 spiro atoms. The third-order valence-corrected chi connectivity index (χ3v) is 20.5. The summed E-state index contributed by atoms with van der Waals surface area (Å²) in [4.78, 5) is 42.5. The van der Waals surface area contributed by atoms with Crippen molar-refractivity contribution in [3.8, 4) is 23.0 Å². The number of piperidine rings is 3. The molecule has 67 heavy (non-hydrogen) atoms. The number of aromatic hydroxyl groups is 1. The number of hydrogen-bond donors (Lipinski definition) is 3. The lowest BCUT2D eigenvalue weighted by Crippen LogP contribution is -2.79. The van der Waals surface area contributed by atoms with Gasteiger partial charge in [0.15, 0.2) is 47.2 Å². The number of ether oxygens (including phenoxy) is 4. The first-order chi connectivity index (χ1) is 32.0. The van der Waals surface area contributed by atoms with Crippen LogP contribution in [-0.4, -0.2) is 141 Å². The Morgan fingerprint density at radius 2 is 1.16 bits per heavy atom. The van der Waals surface area contributed by atoms with E-state index in [9.17, 15) is 34.9 Å². The Hall–Kier alpha value is -4.41. The molecule has 352 valence electrons. The maximum Gasteiger partial charge on any atom is 0.174 e. The molecule has 2 unspecified atom stereocenters. The number of aryl methyl sites for hydroxylation is 2. The molecule has 14 nitrogen and oxygen atoms in total. The summed E-state index contributed by atoms with van der Waals surface area (Å²) in [6.45, 7) is 7.07. The number of likely N-dealkylation sites (tertiary alicyclic amines) is 2. The number of rotatable bonds is 0. The highest BCUT2D eigenvalue weighted by Gasteiger charge is 2.78. The van der Waals surface area contributed by atoms with Gasteiger partial charge >= 0.3 is 0 Å². The quantitative estimate of drug-likeness (QED) is 0.219. The Kier molecular flexibility index (Phi) is 7.98. The predicted octanol–water partition coefficient (Wildman–Crippen LogP) is 3.82. The number of carbonyl (C=O) groups is 3. The van der Waals surface area contributed by atoms with Gasteiger partial charge in [0.1, 0.15) is 35.5 Å². The molecule has 3 saturated carbocycles. The Balaban J connectivity index is 0.0000000955. The van der Waals surface area contributed by atoms with Crippen LogP contribution in [-0.2, 0) is 54.6 Å². The molecule has 7 fully saturated rings. The molecule has 3 N–H and O–H groups in total. The summed E-state index contributed by atoms with van der Waals surface area (Å²) in [6, 6.07) is 12.0. The van der Waals surface area contributed by atoms with Crippen LogP contribution in [0.25, 0.3) is 0 Å². The van der Waals surface area contributed by atoms with E-state index in [2.05, 4.69) is 34.9 Å². The van der Waals surface area contributed by atoms with E-state index in [0.29, 0.717) is 69.7 Å². The van der Waals surface area contributed by atoms with Gasteiger partial charge in [-0.15, -0.1) is 0 Å². The van der Waals surface area contributed by atoms with Crippen LogP contribution < -0.4 is 14.2 Å². The molecule has 0 amide bonds. The van der Waals surface area contributed by atoms with Gasteiger partial charge in [-0.2, -0.15) is 0 Å². The Morgan fingerprint density at radius 1 is 0.642 bits per heavy atom. The smallest absolute Gasteiger partial charge is 0.174 e. The monoisotopic (exact) mass is 913 g/mol. The topological polar surface area (TPSA) is 178 Å². The first kappa shape index (κ1) is 41.6. The molecule has 6 aliphatic carbocycles. The van der Waals surface area contributed by atoms with Gasteiger partial charge in [-0.1, -0.05) is 30.3 Å². The van der Waals surface area contributed by atoms with Crippen molar-refractivity contribution in [1.29, 1.82) is 0 Å². The minimum absolute atomic E-state index is 0.00319. The summed E-state index contributed by atoms with van der Waals surface area (Å²) in [5.41, 5.74) is 5.05. The molecular weight excluding hydrogens is 855 g/mol. The van der Waals surface area contributed by atoms with E-state index in [-0.39, 0.29) is 46.3 Å². The van der Waals surface area contributed by atoms with Crippen molar-refractivity contribution in [3.05, 3.63) is 86.1 Å². The molecule has 14 atom stereocenters. The second-order valence-electron chi connectivity index (χ2n) is 22.9. The summed E-state index contributed by atoms with van der Waals surface area (Å²) < 4.78 is 24.4. The van der Waals surface area contributed by atoms with Crippen molar-refractivity contribution in [1.82, 2.24) is 9.80 Å². The number of phenols is 1. The number of likely N-dealkylation sites (N-methyl/N-ethyl adjacent to an activating group) is 2. The van der Waals surface area contributed by atoms with Gasteiger partial charge in [-0.25, -0.2) is 0 Å². The van der Waals surface area contributed by atoms with E-state index in [4.69, 9.17) is 18.9 Å². The van der Waals surface area contributed by atoms with Crippen LogP contribution in [0, 0.1) is 19.1 Å². The molecule has 16 rings (SSSR count). The van der Waals surface area contributed by atoms with Crippen LogP contribution in [0.15, 0.2) is 36.4 Å². The molecule has 13 aliphatic rings. The van der Waals surface area contributed by atoms with E-state index < -0.39 is 44.9 Å². The second kappa shape index (κ2) is 12.9. The summed E-state index contributed by atoms with van der Waals surface area (Å²) in [5, 5.41) is 46.6. The fraction of sp³-hybridized carbons (Fsp3) is 0.604. The lowest BCUT2D eigenvalue weighted by Gasteiger charge is -2.65. The molecular formula is C53H59N3O11. The van der Waals surface area contributed by atoms with E-state index in [1.165, 1.54) is 11.1 Å². The number of phenolic OH excluding ortho intramolecular Hbond substituents is 1. The van der Waals surface area contributed by atoms with Crippen molar-refractivity contribution in [2.75, 3.05) is 40.5 Å². The van der Waals surface area contributed by atoms with Gasteiger partial charge in [-0.3, -0.25) is 19.3 Å². The number of benzene rings is 3. The Labute approximate surface area is 389 Å². The number of Topliss-reactive ketones (excluding diaryl/α,β-unsaturated/α-hetero) is 3. The molecule has 7 aliphatic heterocycles. The molecule has 14 heteroatoms. The number of hydrogen-bond acceptors (Lipinski definition) is 13. The van der Waals surface area contributed by atoms with Crippen LogP contribution in [0.1, 0.15) is 102 Å². The van der Waals surface area contributed by atoms with Crippen LogP contribution in [0.4, 0.5) is 0 Å². The zero-order valence-electron chi connectivity index (χ0n) is 38.7. The van der Waals surface area contributed by atoms with Gasteiger partial charge in [0.25, 0.3) is 0 Å². The number of nitrogens with zero attached hydrogens (tertiary/aromatic N) is 3. The first-order valence-electron chi connectivity index (χ1n) is 24.8. The SMILES string of the molecule is CN1CC[C@]23c4c5ccc(O)c4O[C@H]2C(=O)CC[C@@]3(O)[C@H]1C5.Cc1ccc2c3c1O[C@H]1C(=O)CC[C@@]4(O)[C@@H](C2)[N+](C)([O-])CC[C@]314.Cc1ccc2c3c1O[C@H]1C(=O)CC[C@]45OCN(CC[C@]314)[C@@H]5C2. The largest absolute Gasteiger partial charge is 0.633 e. The van der Waals surface area contributed by atoms with Crippen molar-refractivity contribution in [3.63, 3.8) is 0 Å². The second-order valence-corrected chi connectivity index (χ2v) is 22.9. The average Bonchev–Trinajstić information content (AvgIpc) is 4.03. The number of quaternary nitrogens is 1. The average molecular weight is 914 g/mol. The molecule has 0 radical (unpaired) electrons. The first-order valence-corrected chi connectivity index (χ1v) is 24.8. The standard InChI is InChI=1S/C18H21NO4.C18H19NO3.C17H19NO4/c1-10-3-4-11-9-13-18(21)6-5-12(20)16-17(18,7-8-19(13,2)22)14(11)15(10)23-16;1-10-2-3-11-8-13-18-5-4-12(20)16-17(18,14(11)15(10)22-16)6-7-19(13)9-21-18;1-18-7-6-16-13-9-2-3-10(19)14(13)22-15(16)11(20)4-5-17(16,21)12(18)8-9/h3-4,13,16,21H,5-9H2,1-2H3;2-3,13,16H,4-9H2,1H3;2-3,12,15,19,21H,4-8H2,1H3/t13-,16+,17+,18-,19?;13-,16+,17+,18-;12-,15+,16+,17-/m111/s1. The molecule has 3 aromatic rings. The maximum absolute atomic E-state index is 13.1. The normalized spacial score (nSPS) is 44.9. The Morgan fingerprint density at radius 3 is 1.85 bits per heavy atom. The molecule has 8 bridgehead atoms. The maximum atomic E-state index is 13.1. The summed E-state index contributed by atoms with van der Waals surface area (Å²) in [5.74, 6) is 2.67. The van der Waals surface area contributed by atoms with Crippen molar-refractivity contribution < 1.29 is 53.3 Å². The number of hydroxylamine groups is 3. The van der Waals surface area contributed by atoms with Gasteiger partial charge in [-0.05, 0) is 106 Å². The van der Waals surface area contributed by atoms with E-state index in [1.54, 1.807) is 13.1 Å². The van der Waals surface area contributed by atoms with Crippen molar-refractivity contribution in [2.24, 2.45) is 0 Å². The molecule has 3 aromatic carbocycles. The summed E-state index contributed by atoms with van der Waals surface area (Å²) in [6.07, 6.45) is 5.89. The summed E-state index contributed by atoms with van der Waals surface area (Å²) >= 11 is 0.